The topological polar surface area (TPSA) is 18.5 Å². The van der Waals surface area contributed by atoms with Crippen LogP contribution in [0.1, 0.15) is 32.6 Å². The molecule has 0 aromatic heterocycles. The van der Waals surface area contributed by atoms with Crippen LogP contribution in [-0.2, 0) is 9.47 Å². The fraction of sp³-hybridized carbons (Fsp3) is 0.800. The number of rotatable bonds is 4. The molecule has 0 saturated carbocycles. The van der Waals surface area contributed by atoms with Gasteiger partial charge in [0, 0.05) is 0 Å². The van der Waals surface area contributed by atoms with Crippen molar-refractivity contribution in [1.82, 2.24) is 0 Å². The van der Waals surface area contributed by atoms with Crippen LogP contribution in [-0.4, -0.2) is 19.5 Å². The molecule has 0 bridgehead atoms. The minimum atomic E-state index is 0.0338. The van der Waals surface area contributed by atoms with Gasteiger partial charge in [-0.1, -0.05) is 31.9 Å². The minimum Gasteiger partial charge on any atom is -0.349 e. The summed E-state index contributed by atoms with van der Waals surface area (Å²) < 4.78 is 10.9. The summed E-state index contributed by atoms with van der Waals surface area (Å²) in [5.41, 5.74) is 0. The van der Waals surface area contributed by atoms with Crippen LogP contribution in [0.3, 0.4) is 0 Å². The first-order valence-corrected chi connectivity index (χ1v) is 4.81. The van der Waals surface area contributed by atoms with Crippen molar-refractivity contribution in [3.63, 3.8) is 0 Å². The van der Waals surface area contributed by atoms with Crippen molar-refractivity contribution in [2.24, 2.45) is 0 Å². The van der Waals surface area contributed by atoms with E-state index < -0.39 is 0 Å². The minimum absolute atomic E-state index is 0.0338. The van der Waals surface area contributed by atoms with Crippen LogP contribution in [0.2, 0.25) is 0 Å². The third kappa shape index (κ3) is 3.88. The summed E-state index contributed by atoms with van der Waals surface area (Å²) in [7, 11) is 0. The lowest BCUT2D eigenvalue weighted by molar-refractivity contribution is -0.126. The van der Waals surface area contributed by atoms with Gasteiger partial charge in [-0.3, -0.25) is 0 Å². The van der Waals surface area contributed by atoms with Gasteiger partial charge < -0.3 is 9.47 Å². The maximum atomic E-state index is 5.44. The van der Waals surface area contributed by atoms with Gasteiger partial charge in [0.15, 0.2) is 6.29 Å². The number of ether oxygens (including phenoxy) is 2. The molecule has 0 unspecified atom stereocenters. The van der Waals surface area contributed by atoms with E-state index in [-0.39, 0.29) is 6.29 Å². The van der Waals surface area contributed by atoms with E-state index in [1.54, 1.807) is 0 Å². The Bertz CT molecular complexity index is 122. The predicted octanol–water partition coefficient (Wildman–Crippen LogP) is 2.50. The maximum absolute atomic E-state index is 5.44. The van der Waals surface area contributed by atoms with Crippen LogP contribution in [0, 0.1) is 0 Å². The van der Waals surface area contributed by atoms with Crippen molar-refractivity contribution in [3.05, 3.63) is 12.2 Å². The van der Waals surface area contributed by atoms with Crippen LogP contribution in [0.25, 0.3) is 0 Å². The average Bonchev–Trinajstić information content (AvgIpc) is 2.33. The summed E-state index contributed by atoms with van der Waals surface area (Å²) in [5, 5.41) is 0. The van der Waals surface area contributed by atoms with Crippen molar-refractivity contribution < 1.29 is 9.47 Å². The summed E-state index contributed by atoms with van der Waals surface area (Å²) in [6, 6.07) is 0. The molecule has 2 nitrogen and oxygen atoms in total. The zero-order valence-electron chi connectivity index (χ0n) is 7.79. The molecule has 2 heteroatoms. The van der Waals surface area contributed by atoms with Gasteiger partial charge in [0.05, 0.1) is 13.2 Å². The van der Waals surface area contributed by atoms with Gasteiger partial charge in [-0.25, -0.2) is 0 Å². The van der Waals surface area contributed by atoms with Gasteiger partial charge in [-0.05, 0) is 12.8 Å². The Balaban J connectivity index is 2.06. The summed E-state index contributed by atoms with van der Waals surface area (Å²) >= 11 is 0. The standard InChI is InChI=1S/C10H18O2/c1-2-3-4-7-10-11-8-5-6-9-12-10/h5-6,10H,2-4,7-9H2,1H3. The molecule has 0 aromatic carbocycles. The van der Waals surface area contributed by atoms with Gasteiger partial charge in [-0.15, -0.1) is 0 Å². The van der Waals surface area contributed by atoms with Crippen molar-refractivity contribution in [2.45, 2.75) is 38.9 Å². The highest BCUT2D eigenvalue weighted by Gasteiger charge is 2.08. The summed E-state index contributed by atoms with van der Waals surface area (Å²) in [5.74, 6) is 0. The van der Waals surface area contributed by atoms with Gasteiger partial charge >= 0.3 is 0 Å². The Kier molecular flexibility index (Phi) is 5.04. The lowest BCUT2D eigenvalue weighted by Gasteiger charge is -2.14. The molecule has 0 aromatic rings. The molecule has 0 fully saturated rings. The van der Waals surface area contributed by atoms with E-state index in [1.807, 2.05) is 12.2 Å². The van der Waals surface area contributed by atoms with Crippen molar-refractivity contribution in [3.8, 4) is 0 Å². The molecule has 1 aliphatic rings. The Hall–Kier alpha value is -0.340. The molecule has 0 N–H and O–H groups in total. The molecule has 1 heterocycles. The van der Waals surface area contributed by atoms with Crippen LogP contribution in [0.5, 0.6) is 0 Å². The Labute approximate surface area is 74.6 Å². The molecule has 1 rings (SSSR count). The SMILES string of the molecule is CCCCCC1OCC=CCO1. The van der Waals surface area contributed by atoms with E-state index in [0.717, 1.165) is 6.42 Å². The summed E-state index contributed by atoms with van der Waals surface area (Å²) in [4.78, 5) is 0. The van der Waals surface area contributed by atoms with Crippen molar-refractivity contribution in [2.75, 3.05) is 13.2 Å². The van der Waals surface area contributed by atoms with Crippen LogP contribution < -0.4 is 0 Å². The number of hydrogen-bond donors (Lipinski definition) is 0. The number of unbranched alkanes of at least 4 members (excludes halogenated alkanes) is 2. The Morgan fingerprint density at radius 1 is 1.17 bits per heavy atom. The highest BCUT2D eigenvalue weighted by molar-refractivity contribution is 4.83. The first-order valence-electron chi connectivity index (χ1n) is 4.81. The van der Waals surface area contributed by atoms with Gasteiger partial charge in [0.1, 0.15) is 0 Å². The van der Waals surface area contributed by atoms with E-state index in [9.17, 15) is 0 Å². The lowest BCUT2D eigenvalue weighted by Crippen LogP contribution is -2.15. The molecule has 0 amide bonds. The fourth-order valence-corrected chi connectivity index (χ4v) is 1.24. The zero-order chi connectivity index (χ0) is 8.65. The van der Waals surface area contributed by atoms with Crippen molar-refractivity contribution >= 4 is 0 Å². The van der Waals surface area contributed by atoms with Gasteiger partial charge in [0.2, 0.25) is 0 Å². The summed E-state index contributed by atoms with van der Waals surface area (Å²) in [6.45, 7) is 3.62. The van der Waals surface area contributed by atoms with E-state index in [2.05, 4.69) is 6.92 Å². The Morgan fingerprint density at radius 3 is 2.42 bits per heavy atom. The average molecular weight is 170 g/mol. The largest absolute Gasteiger partial charge is 0.349 e. The lowest BCUT2D eigenvalue weighted by atomic mass is 10.2. The molecule has 1 aliphatic heterocycles. The molecule has 0 saturated heterocycles. The number of hydrogen-bond acceptors (Lipinski definition) is 2. The first-order chi connectivity index (χ1) is 5.93. The van der Waals surface area contributed by atoms with Crippen LogP contribution in [0.15, 0.2) is 12.2 Å². The van der Waals surface area contributed by atoms with E-state index in [0.29, 0.717) is 13.2 Å². The van der Waals surface area contributed by atoms with E-state index >= 15 is 0 Å². The summed E-state index contributed by atoms with van der Waals surface area (Å²) in [6.07, 6.45) is 8.84. The van der Waals surface area contributed by atoms with E-state index in [4.69, 9.17) is 9.47 Å². The highest BCUT2D eigenvalue weighted by Crippen LogP contribution is 2.09. The third-order valence-electron chi connectivity index (χ3n) is 1.97. The smallest absolute Gasteiger partial charge is 0.158 e. The van der Waals surface area contributed by atoms with Crippen LogP contribution >= 0.6 is 0 Å². The van der Waals surface area contributed by atoms with E-state index in [1.165, 1.54) is 19.3 Å². The normalized spacial score (nSPS) is 19.4. The molecule has 0 aliphatic carbocycles. The van der Waals surface area contributed by atoms with Gasteiger partial charge in [-0.2, -0.15) is 0 Å². The molecular weight excluding hydrogens is 152 g/mol. The zero-order valence-corrected chi connectivity index (χ0v) is 7.79. The molecular formula is C10H18O2. The highest BCUT2D eigenvalue weighted by atomic mass is 16.7. The second-order valence-electron chi connectivity index (χ2n) is 3.06. The second-order valence-corrected chi connectivity index (χ2v) is 3.06. The molecule has 0 radical (unpaired) electrons. The fourth-order valence-electron chi connectivity index (χ4n) is 1.24. The molecule has 12 heavy (non-hydrogen) atoms. The molecule has 0 atom stereocenters. The molecule has 70 valence electrons. The third-order valence-corrected chi connectivity index (χ3v) is 1.97. The first kappa shape index (κ1) is 9.75. The monoisotopic (exact) mass is 170 g/mol. The van der Waals surface area contributed by atoms with Crippen molar-refractivity contribution in [1.29, 1.82) is 0 Å². The second kappa shape index (κ2) is 6.21. The van der Waals surface area contributed by atoms with Crippen LogP contribution in [0.4, 0.5) is 0 Å². The maximum Gasteiger partial charge on any atom is 0.158 e. The quantitative estimate of drug-likeness (QED) is 0.476. The molecule has 0 spiro atoms. The predicted molar refractivity (Wildman–Crippen MR) is 49.0 cm³/mol. The van der Waals surface area contributed by atoms with Gasteiger partial charge in [0.25, 0.3) is 0 Å². The Morgan fingerprint density at radius 2 is 1.83 bits per heavy atom.